The first-order valence-electron chi connectivity index (χ1n) is 6.35. The highest BCUT2D eigenvalue weighted by atomic mass is 32.2. The average Bonchev–Trinajstić information content (AvgIpc) is 2.54. The zero-order valence-electron chi connectivity index (χ0n) is 12.4. The molecular weight excluding hydrogens is 306 g/mol. The molecule has 2 rings (SSSR count). The Kier molecular flexibility index (Phi) is 4.77. The van der Waals surface area contributed by atoms with E-state index in [1.807, 2.05) is 0 Å². The number of hydrogen-bond donors (Lipinski definition) is 0. The third-order valence-electron chi connectivity index (χ3n) is 2.95. The second-order valence-corrected chi connectivity index (χ2v) is 5.83. The summed E-state index contributed by atoms with van der Waals surface area (Å²) in [6, 6.07) is 11.1. The molecule has 7 heteroatoms. The molecule has 0 radical (unpaired) electrons. The molecule has 0 aliphatic heterocycles. The van der Waals surface area contributed by atoms with E-state index < -0.39 is 10.0 Å². The highest BCUT2D eigenvalue weighted by Gasteiger charge is 2.14. The van der Waals surface area contributed by atoms with E-state index in [4.69, 9.17) is 14.2 Å². The van der Waals surface area contributed by atoms with E-state index in [0.29, 0.717) is 11.5 Å². The molecule has 0 saturated carbocycles. The number of para-hydroxylation sites is 1. The minimum atomic E-state index is -3.98. The third-order valence-corrected chi connectivity index (χ3v) is 4.26. The molecule has 0 aliphatic carbocycles. The van der Waals surface area contributed by atoms with Crippen LogP contribution >= 0.6 is 0 Å². The lowest BCUT2D eigenvalue weighted by Gasteiger charge is -2.25. The number of nitrogens with zero attached hydrogens (tertiary/aromatic N) is 1. The van der Waals surface area contributed by atoms with Crippen molar-refractivity contribution in [3.63, 3.8) is 0 Å². The molecule has 0 atom stereocenters. The summed E-state index contributed by atoms with van der Waals surface area (Å²) in [5.41, 5.74) is 0.217. The van der Waals surface area contributed by atoms with Gasteiger partial charge in [0.25, 0.3) is 0 Å². The Morgan fingerprint density at radius 2 is 1.55 bits per heavy atom. The van der Waals surface area contributed by atoms with Gasteiger partial charge in [0.2, 0.25) is 0 Å². The van der Waals surface area contributed by atoms with Crippen LogP contribution in [0.4, 0.5) is 5.69 Å². The van der Waals surface area contributed by atoms with Gasteiger partial charge in [0, 0.05) is 6.07 Å². The summed E-state index contributed by atoms with van der Waals surface area (Å²) < 4.78 is 44.2. The van der Waals surface area contributed by atoms with Crippen molar-refractivity contribution in [1.82, 2.24) is 0 Å². The smallest absolute Gasteiger partial charge is 0.136 e. The van der Waals surface area contributed by atoms with Gasteiger partial charge >= 0.3 is 0 Å². The number of sulfonamides is 1. The molecule has 0 aromatic heterocycles. The first kappa shape index (κ1) is 16.0. The average molecular weight is 322 g/mol. The standard InChI is InChI=1S/C15H16NO5S/c1-19-11-8-9-14(21-3)15(10-11)22(17,18)16-12-6-4-5-7-13(12)20-2/h4-10H,1-3H3/q-1. The van der Waals surface area contributed by atoms with E-state index >= 15 is 0 Å². The largest absolute Gasteiger partial charge is 0.570 e. The molecule has 22 heavy (non-hydrogen) atoms. The molecule has 2 aromatic rings. The molecule has 0 N–H and O–H groups in total. The molecule has 0 amide bonds. The number of benzene rings is 2. The van der Waals surface area contributed by atoms with Crippen molar-refractivity contribution >= 4 is 15.7 Å². The van der Waals surface area contributed by atoms with Crippen molar-refractivity contribution in [2.75, 3.05) is 21.3 Å². The lowest BCUT2D eigenvalue weighted by molar-refractivity contribution is 0.392. The van der Waals surface area contributed by atoms with Crippen LogP contribution in [0.2, 0.25) is 0 Å². The minimum absolute atomic E-state index is 0.0692. The highest BCUT2D eigenvalue weighted by Crippen LogP contribution is 2.39. The van der Waals surface area contributed by atoms with Crippen LogP contribution in [0.5, 0.6) is 17.2 Å². The molecule has 0 heterocycles. The fourth-order valence-corrected chi connectivity index (χ4v) is 3.05. The Bertz CT molecular complexity index is 758. The number of rotatable bonds is 6. The molecule has 2 aromatic carbocycles. The van der Waals surface area contributed by atoms with E-state index in [1.165, 1.54) is 33.5 Å². The van der Waals surface area contributed by atoms with E-state index in [-0.39, 0.29) is 16.3 Å². The summed E-state index contributed by atoms with van der Waals surface area (Å²) >= 11 is 0. The molecule has 0 aliphatic rings. The SMILES string of the molecule is COc1ccc(OC)c(S(=O)(=O)[N-]c2ccccc2OC)c1. The summed E-state index contributed by atoms with van der Waals surface area (Å²) in [6.07, 6.45) is 0. The van der Waals surface area contributed by atoms with Gasteiger partial charge in [-0.15, -0.1) is 0 Å². The van der Waals surface area contributed by atoms with Crippen LogP contribution in [0.25, 0.3) is 4.72 Å². The van der Waals surface area contributed by atoms with Crippen LogP contribution in [0.3, 0.4) is 0 Å². The number of hydrogen-bond acceptors (Lipinski definition) is 5. The molecular formula is C15H16NO5S-. The van der Waals surface area contributed by atoms with Crippen molar-refractivity contribution in [3.05, 3.63) is 47.2 Å². The predicted octanol–water partition coefficient (Wildman–Crippen LogP) is 3.11. The van der Waals surface area contributed by atoms with Gasteiger partial charge in [-0.3, -0.25) is 0 Å². The lowest BCUT2D eigenvalue weighted by Crippen LogP contribution is -2.02. The number of ether oxygens (including phenoxy) is 3. The van der Waals surface area contributed by atoms with Gasteiger partial charge in [0.15, 0.2) is 0 Å². The first-order valence-corrected chi connectivity index (χ1v) is 7.79. The second-order valence-electron chi connectivity index (χ2n) is 4.25. The lowest BCUT2D eigenvalue weighted by atomic mass is 10.3. The molecule has 0 unspecified atom stereocenters. The molecule has 0 saturated heterocycles. The van der Waals surface area contributed by atoms with Crippen molar-refractivity contribution in [3.8, 4) is 17.2 Å². The fourth-order valence-electron chi connectivity index (χ4n) is 1.87. The topological polar surface area (TPSA) is 75.9 Å². The molecule has 0 fully saturated rings. The van der Waals surface area contributed by atoms with Crippen molar-refractivity contribution in [2.45, 2.75) is 4.90 Å². The predicted molar refractivity (Wildman–Crippen MR) is 82.7 cm³/mol. The summed E-state index contributed by atoms with van der Waals surface area (Å²) in [7, 11) is 0.317. The Morgan fingerprint density at radius 1 is 0.864 bits per heavy atom. The third kappa shape index (κ3) is 3.25. The summed E-state index contributed by atoms with van der Waals surface area (Å²) in [6.45, 7) is 0. The monoisotopic (exact) mass is 322 g/mol. The molecule has 0 spiro atoms. The van der Waals surface area contributed by atoms with Crippen molar-refractivity contribution < 1.29 is 22.6 Å². The van der Waals surface area contributed by atoms with Gasteiger partial charge < -0.3 is 18.9 Å². The maximum absolute atomic E-state index is 12.6. The van der Waals surface area contributed by atoms with Gasteiger partial charge in [0.05, 0.1) is 26.2 Å². The Hall–Kier alpha value is -2.41. The fraction of sp³-hybridized carbons (Fsp3) is 0.200. The normalized spacial score (nSPS) is 10.9. The van der Waals surface area contributed by atoms with Crippen LogP contribution in [0, 0.1) is 0 Å². The van der Waals surface area contributed by atoms with Crippen LogP contribution in [-0.4, -0.2) is 29.7 Å². The summed E-state index contributed by atoms with van der Waals surface area (Å²) in [5.74, 6) is 0.960. The van der Waals surface area contributed by atoms with E-state index in [2.05, 4.69) is 4.72 Å². The quantitative estimate of drug-likeness (QED) is 0.817. The maximum Gasteiger partial charge on any atom is 0.136 e. The highest BCUT2D eigenvalue weighted by molar-refractivity contribution is 7.94. The van der Waals surface area contributed by atoms with Gasteiger partial charge in [0.1, 0.15) is 27.3 Å². The van der Waals surface area contributed by atoms with Gasteiger partial charge in [-0.05, 0) is 18.2 Å². The Labute approximate surface area is 129 Å². The maximum atomic E-state index is 12.6. The first-order chi connectivity index (χ1) is 10.5. The molecule has 0 bridgehead atoms. The van der Waals surface area contributed by atoms with Crippen molar-refractivity contribution in [2.24, 2.45) is 0 Å². The molecule has 118 valence electrons. The van der Waals surface area contributed by atoms with Crippen LogP contribution in [0.1, 0.15) is 0 Å². The zero-order valence-corrected chi connectivity index (χ0v) is 13.3. The van der Waals surface area contributed by atoms with Crippen LogP contribution in [-0.2, 0) is 10.0 Å². The summed E-state index contributed by atoms with van der Waals surface area (Å²) in [5, 5.41) is 0. The molecule has 6 nitrogen and oxygen atoms in total. The Morgan fingerprint density at radius 3 is 2.18 bits per heavy atom. The van der Waals surface area contributed by atoms with E-state index in [1.54, 1.807) is 30.3 Å². The van der Waals surface area contributed by atoms with E-state index in [0.717, 1.165) is 0 Å². The van der Waals surface area contributed by atoms with Crippen LogP contribution in [0.15, 0.2) is 47.4 Å². The van der Waals surface area contributed by atoms with Gasteiger partial charge in [-0.25, -0.2) is 8.42 Å². The van der Waals surface area contributed by atoms with Gasteiger partial charge in [-0.2, -0.15) is 0 Å². The second kappa shape index (κ2) is 6.57. The zero-order chi connectivity index (χ0) is 16.2. The van der Waals surface area contributed by atoms with Gasteiger partial charge in [-0.1, -0.05) is 23.9 Å². The van der Waals surface area contributed by atoms with Crippen LogP contribution < -0.4 is 14.2 Å². The van der Waals surface area contributed by atoms with E-state index in [9.17, 15) is 8.42 Å². The van der Waals surface area contributed by atoms with Crippen molar-refractivity contribution in [1.29, 1.82) is 0 Å². The summed E-state index contributed by atoms with van der Waals surface area (Å²) in [4.78, 5) is -0.0692. The number of methoxy groups -OCH3 is 3. The minimum Gasteiger partial charge on any atom is -0.570 e. The Balaban J connectivity index is 2.46.